The number of benzene rings is 1. The summed E-state index contributed by atoms with van der Waals surface area (Å²) in [5.41, 5.74) is -0.647. The molecule has 1 aromatic rings. The molecule has 1 amide bonds. The van der Waals surface area contributed by atoms with E-state index >= 15 is 0 Å². The van der Waals surface area contributed by atoms with Crippen molar-refractivity contribution in [1.82, 2.24) is 5.32 Å². The Balaban J connectivity index is 3.19. The van der Waals surface area contributed by atoms with Crippen molar-refractivity contribution in [3.8, 4) is 0 Å². The highest BCUT2D eigenvalue weighted by atomic mass is 19.1. The smallest absolute Gasteiger partial charge is 0.305 e. The minimum atomic E-state index is -0.956. The molecule has 6 heteroatoms. The van der Waals surface area contributed by atoms with E-state index in [1.54, 1.807) is 0 Å². The van der Waals surface area contributed by atoms with Crippen molar-refractivity contribution in [3.63, 3.8) is 0 Å². The summed E-state index contributed by atoms with van der Waals surface area (Å²) in [6, 6.07) is 2.97. The minimum Gasteiger partial charge on any atom is -0.355 e. The molecule has 1 aromatic carbocycles. The Morgan fingerprint density at radius 3 is 2.71 bits per heavy atom. The van der Waals surface area contributed by atoms with Crippen LogP contribution in [0.5, 0.6) is 0 Å². The van der Waals surface area contributed by atoms with E-state index < -0.39 is 22.3 Å². The molecule has 0 radical (unpaired) electrons. The highest BCUT2D eigenvalue weighted by Crippen LogP contribution is 2.18. The second kappa shape index (κ2) is 3.82. The number of amides is 1. The molecule has 0 saturated heterocycles. The third-order valence-corrected chi connectivity index (χ3v) is 1.63. The predicted molar refractivity (Wildman–Crippen MR) is 46.4 cm³/mol. The van der Waals surface area contributed by atoms with Gasteiger partial charge in [0.1, 0.15) is 0 Å². The first kappa shape index (κ1) is 10.1. The molecule has 74 valence electrons. The topological polar surface area (TPSA) is 72.2 Å². The number of carbonyl (C=O) groups excluding carboxylic acids is 1. The first-order valence-electron chi connectivity index (χ1n) is 3.72. The second-order valence-corrected chi connectivity index (χ2v) is 2.50. The Labute approximate surface area is 78.7 Å². The number of hydrogen-bond acceptors (Lipinski definition) is 3. The lowest BCUT2D eigenvalue weighted by Gasteiger charge is -1.99. The van der Waals surface area contributed by atoms with Crippen LogP contribution < -0.4 is 5.32 Å². The number of nitrogens with zero attached hydrogens (tertiary/aromatic N) is 1. The predicted octanol–water partition coefficient (Wildman–Crippen LogP) is 1.09. The standard InChI is InChI=1S/C8H7FN2O3/c1-10-8(12)5-2-3-6(9)7(4-5)11(13)14/h2-4H,1H3,(H,10,12). The second-order valence-electron chi connectivity index (χ2n) is 2.50. The Bertz CT molecular complexity index is 392. The molecule has 0 aromatic heterocycles. The van der Waals surface area contributed by atoms with Crippen LogP contribution in [-0.4, -0.2) is 17.9 Å². The van der Waals surface area contributed by atoms with Crippen molar-refractivity contribution < 1.29 is 14.1 Å². The third kappa shape index (κ3) is 1.85. The zero-order chi connectivity index (χ0) is 10.7. The lowest BCUT2D eigenvalue weighted by Crippen LogP contribution is -2.17. The van der Waals surface area contributed by atoms with Gasteiger partial charge in [-0.15, -0.1) is 0 Å². The van der Waals surface area contributed by atoms with Gasteiger partial charge in [0.15, 0.2) is 0 Å². The van der Waals surface area contributed by atoms with Crippen LogP contribution in [0.15, 0.2) is 18.2 Å². The van der Waals surface area contributed by atoms with E-state index in [0.29, 0.717) is 0 Å². The van der Waals surface area contributed by atoms with Crippen molar-refractivity contribution in [2.45, 2.75) is 0 Å². The number of hydrogen-bond donors (Lipinski definition) is 1. The highest BCUT2D eigenvalue weighted by molar-refractivity contribution is 5.94. The highest BCUT2D eigenvalue weighted by Gasteiger charge is 2.16. The SMILES string of the molecule is CNC(=O)c1ccc(F)c([N+](=O)[O-])c1. The summed E-state index contributed by atoms with van der Waals surface area (Å²) < 4.78 is 12.8. The van der Waals surface area contributed by atoms with Crippen molar-refractivity contribution in [1.29, 1.82) is 0 Å². The van der Waals surface area contributed by atoms with Crippen LogP contribution in [-0.2, 0) is 0 Å². The van der Waals surface area contributed by atoms with Crippen LogP contribution >= 0.6 is 0 Å². The van der Waals surface area contributed by atoms with E-state index in [9.17, 15) is 19.3 Å². The van der Waals surface area contributed by atoms with E-state index in [0.717, 1.165) is 12.1 Å². The molecule has 1 N–H and O–H groups in total. The van der Waals surface area contributed by atoms with Gasteiger partial charge >= 0.3 is 5.69 Å². The molecule has 0 spiro atoms. The normalized spacial score (nSPS) is 9.57. The van der Waals surface area contributed by atoms with Crippen LogP contribution in [0, 0.1) is 15.9 Å². The summed E-state index contributed by atoms with van der Waals surface area (Å²) in [7, 11) is 1.39. The summed E-state index contributed by atoms with van der Waals surface area (Å²) >= 11 is 0. The molecular weight excluding hydrogens is 191 g/mol. The van der Waals surface area contributed by atoms with Gasteiger partial charge in [0.2, 0.25) is 5.82 Å². The molecule has 0 saturated carbocycles. The Morgan fingerprint density at radius 2 is 2.21 bits per heavy atom. The number of halogens is 1. The lowest BCUT2D eigenvalue weighted by atomic mass is 10.2. The van der Waals surface area contributed by atoms with Crippen LogP contribution in [0.25, 0.3) is 0 Å². The fraction of sp³-hybridized carbons (Fsp3) is 0.125. The number of nitro groups is 1. The summed E-state index contributed by atoms with van der Waals surface area (Å²) in [5, 5.41) is 12.6. The molecule has 5 nitrogen and oxygen atoms in total. The van der Waals surface area contributed by atoms with Gasteiger partial charge in [-0.25, -0.2) is 0 Å². The maximum atomic E-state index is 12.8. The average molecular weight is 198 g/mol. The third-order valence-electron chi connectivity index (χ3n) is 1.63. The zero-order valence-corrected chi connectivity index (χ0v) is 7.28. The Hall–Kier alpha value is -1.98. The van der Waals surface area contributed by atoms with Gasteiger partial charge in [0.05, 0.1) is 4.92 Å². The van der Waals surface area contributed by atoms with Crippen LogP contribution in [0.2, 0.25) is 0 Å². The molecule has 0 aliphatic rings. The zero-order valence-electron chi connectivity index (χ0n) is 7.28. The molecule has 0 aliphatic heterocycles. The monoisotopic (exact) mass is 198 g/mol. The molecular formula is C8H7FN2O3. The van der Waals surface area contributed by atoms with Crippen molar-refractivity contribution >= 4 is 11.6 Å². The molecule has 0 bridgehead atoms. The molecule has 14 heavy (non-hydrogen) atoms. The number of carbonyl (C=O) groups is 1. The van der Waals surface area contributed by atoms with E-state index in [1.165, 1.54) is 13.1 Å². The van der Waals surface area contributed by atoms with Crippen LogP contribution in [0.1, 0.15) is 10.4 Å². The number of rotatable bonds is 2. The Kier molecular flexibility index (Phi) is 2.76. The average Bonchev–Trinajstić information content (AvgIpc) is 2.17. The molecule has 0 atom stereocenters. The molecule has 0 heterocycles. The van der Waals surface area contributed by atoms with E-state index in [2.05, 4.69) is 5.32 Å². The van der Waals surface area contributed by atoms with Crippen LogP contribution in [0.3, 0.4) is 0 Å². The summed E-state index contributed by atoms with van der Waals surface area (Å²) in [5.74, 6) is -1.45. The van der Waals surface area contributed by atoms with E-state index in [1.807, 2.05) is 0 Å². The van der Waals surface area contributed by atoms with Gasteiger partial charge in [-0.05, 0) is 12.1 Å². The quantitative estimate of drug-likeness (QED) is 0.571. The van der Waals surface area contributed by atoms with Gasteiger partial charge in [-0.3, -0.25) is 14.9 Å². The van der Waals surface area contributed by atoms with Crippen molar-refractivity contribution in [2.75, 3.05) is 7.05 Å². The maximum absolute atomic E-state index is 12.8. The Morgan fingerprint density at radius 1 is 1.57 bits per heavy atom. The summed E-state index contributed by atoms with van der Waals surface area (Å²) in [6.45, 7) is 0. The van der Waals surface area contributed by atoms with Gasteiger partial charge in [0.25, 0.3) is 5.91 Å². The van der Waals surface area contributed by atoms with Gasteiger partial charge < -0.3 is 5.32 Å². The number of nitrogens with one attached hydrogen (secondary N) is 1. The first-order valence-corrected chi connectivity index (χ1v) is 3.72. The molecule has 0 unspecified atom stereocenters. The fourth-order valence-corrected chi connectivity index (χ4v) is 0.938. The maximum Gasteiger partial charge on any atom is 0.305 e. The number of nitro benzene ring substituents is 1. The molecule has 0 aliphatic carbocycles. The molecule has 1 rings (SSSR count). The van der Waals surface area contributed by atoms with Gasteiger partial charge in [0, 0.05) is 18.7 Å². The fourth-order valence-electron chi connectivity index (χ4n) is 0.938. The van der Waals surface area contributed by atoms with Gasteiger partial charge in [-0.1, -0.05) is 0 Å². The van der Waals surface area contributed by atoms with Gasteiger partial charge in [-0.2, -0.15) is 4.39 Å². The summed E-state index contributed by atoms with van der Waals surface area (Å²) in [6.07, 6.45) is 0. The van der Waals surface area contributed by atoms with Crippen molar-refractivity contribution in [2.24, 2.45) is 0 Å². The molecule has 0 fully saturated rings. The van der Waals surface area contributed by atoms with Crippen LogP contribution in [0.4, 0.5) is 10.1 Å². The lowest BCUT2D eigenvalue weighted by molar-refractivity contribution is -0.387. The van der Waals surface area contributed by atoms with E-state index in [4.69, 9.17) is 0 Å². The van der Waals surface area contributed by atoms with E-state index in [-0.39, 0.29) is 5.56 Å². The first-order chi connectivity index (χ1) is 6.56. The largest absolute Gasteiger partial charge is 0.355 e. The van der Waals surface area contributed by atoms with Crippen molar-refractivity contribution in [3.05, 3.63) is 39.7 Å². The minimum absolute atomic E-state index is 0.0561. The summed E-state index contributed by atoms with van der Waals surface area (Å²) in [4.78, 5) is 20.5.